The summed E-state index contributed by atoms with van der Waals surface area (Å²) >= 11 is 0. The van der Waals surface area contributed by atoms with Gasteiger partial charge in [-0.2, -0.15) is 0 Å². The third-order valence-corrected chi connectivity index (χ3v) is 1.03. The minimum absolute atomic E-state index is 0.309. The molecule has 0 aliphatic rings. The Morgan fingerprint density at radius 1 is 1.80 bits per heavy atom. The lowest BCUT2D eigenvalue weighted by atomic mass is 10.2. The quantitative estimate of drug-likeness (QED) is 0.364. The molecule has 3 heteroatoms. The number of carboxylic acid groups (broad SMARTS) is 1. The summed E-state index contributed by atoms with van der Waals surface area (Å²) < 4.78 is 0. The fraction of sp³-hybridized carbons (Fsp3) is 0.429. The Morgan fingerprint density at radius 3 is 2.80 bits per heavy atom. The first-order valence-corrected chi connectivity index (χ1v) is 2.91. The van der Waals surface area contributed by atoms with Crippen LogP contribution in [0.1, 0.15) is 13.3 Å². The van der Waals surface area contributed by atoms with Crippen molar-refractivity contribution >= 4 is 5.97 Å². The Morgan fingerprint density at radius 2 is 2.40 bits per heavy atom. The van der Waals surface area contributed by atoms with Crippen molar-refractivity contribution in [2.75, 3.05) is 6.54 Å². The van der Waals surface area contributed by atoms with E-state index in [0.29, 0.717) is 18.5 Å². The van der Waals surface area contributed by atoms with Crippen LogP contribution in [0.15, 0.2) is 11.6 Å². The molecule has 0 amide bonds. The predicted molar refractivity (Wildman–Crippen MR) is 37.5 cm³/mol. The van der Waals surface area contributed by atoms with Gasteiger partial charge >= 0.3 is 5.97 Å². The number of hydrogen-bond donors (Lipinski definition) is 1. The van der Waals surface area contributed by atoms with Crippen molar-refractivity contribution in [1.29, 1.82) is 0 Å². The van der Waals surface area contributed by atoms with E-state index < -0.39 is 5.97 Å². The van der Waals surface area contributed by atoms with Crippen LogP contribution in [-0.4, -0.2) is 17.6 Å². The Hall–Kier alpha value is -1.30. The van der Waals surface area contributed by atoms with E-state index >= 15 is 0 Å². The van der Waals surface area contributed by atoms with E-state index in [1.807, 2.05) is 0 Å². The normalized spacial score (nSPS) is 10.6. The minimum Gasteiger partial charge on any atom is -0.478 e. The maximum Gasteiger partial charge on any atom is 0.330 e. The Labute approximate surface area is 59.8 Å². The highest BCUT2D eigenvalue weighted by atomic mass is 16.4. The molecule has 0 rings (SSSR count). The number of rotatable bonds is 3. The van der Waals surface area contributed by atoms with Crippen LogP contribution in [-0.2, 0) is 4.79 Å². The van der Waals surface area contributed by atoms with Crippen molar-refractivity contribution in [3.05, 3.63) is 23.1 Å². The second-order valence-electron chi connectivity index (χ2n) is 1.86. The fourth-order valence-corrected chi connectivity index (χ4v) is 0.433. The van der Waals surface area contributed by atoms with Crippen molar-refractivity contribution < 1.29 is 9.90 Å². The van der Waals surface area contributed by atoms with Gasteiger partial charge in [0.1, 0.15) is 0 Å². The van der Waals surface area contributed by atoms with Gasteiger partial charge in [0.05, 0.1) is 0 Å². The van der Waals surface area contributed by atoms with Gasteiger partial charge in [0.2, 0.25) is 6.54 Å². The van der Waals surface area contributed by atoms with Crippen molar-refractivity contribution in [3.63, 3.8) is 0 Å². The van der Waals surface area contributed by atoms with E-state index in [4.69, 9.17) is 11.7 Å². The zero-order chi connectivity index (χ0) is 7.98. The molecule has 0 unspecified atom stereocenters. The molecule has 0 fully saturated rings. The van der Waals surface area contributed by atoms with Crippen LogP contribution in [0.2, 0.25) is 0 Å². The predicted octanol–water partition coefficient (Wildman–Crippen LogP) is 1.33. The lowest BCUT2D eigenvalue weighted by Gasteiger charge is -1.88. The van der Waals surface area contributed by atoms with Crippen LogP contribution < -0.4 is 0 Å². The van der Waals surface area contributed by atoms with Gasteiger partial charge in [-0.05, 0) is 6.92 Å². The van der Waals surface area contributed by atoms with Crippen LogP contribution >= 0.6 is 0 Å². The number of carboxylic acids is 1. The van der Waals surface area contributed by atoms with Gasteiger partial charge in [-0.1, -0.05) is 6.08 Å². The molecule has 0 aromatic rings. The summed E-state index contributed by atoms with van der Waals surface area (Å²) in [5.41, 5.74) is 0.309. The maximum absolute atomic E-state index is 10.1. The van der Waals surface area contributed by atoms with Gasteiger partial charge in [-0.25, -0.2) is 11.4 Å². The molecule has 0 aliphatic heterocycles. The summed E-state index contributed by atoms with van der Waals surface area (Å²) in [6.45, 7) is 8.29. The van der Waals surface area contributed by atoms with E-state index in [2.05, 4.69) is 4.85 Å². The van der Waals surface area contributed by atoms with E-state index in [1.165, 1.54) is 6.92 Å². The number of hydrogen-bond acceptors (Lipinski definition) is 1. The lowest BCUT2D eigenvalue weighted by Crippen LogP contribution is -1.95. The third-order valence-electron chi connectivity index (χ3n) is 1.03. The van der Waals surface area contributed by atoms with Crippen LogP contribution in [0.25, 0.3) is 4.85 Å². The van der Waals surface area contributed by atoms with Crippen LogP contribution in [0.5, 0.6) is 0 Å². The monoisotopic (exact) mass is 139 g/mol. The first-order valence-electron chi connectivity index (χ1n) is 2.91. The minimum atomic E-state index is -0.912. The molecule has 0 bridgehead atoms. The molecule has 0 saturated carbocycles. The molecule has 0 aliphatic carbocycles. The first-order chi connectivity index (χ1) is 4.68. The van der Waals surface area contributed by atoms with Crippen LogP contribution in [0.3, 0.4) is 0 Å². The van der Waals surface area contributed by atoms with Crippen molar-refractivity contribution in [1.82, 2.24) is 0 Å². The highest BCUT2D eigenvalue weighted by molar-refractivity contribution is 5.85. The molecule has 0 heterocycles. The maximum atomic E-state index is 10.1. The second-order valence-corrected chi connectivity index (χ2v) is 1.86. The van der Waals surface area contributed by atoms with E-state index in [9.17, 15) is 4.79 Å². The molecule has 10 heavy (non-hydrogen) atoms. The number of aliphatic carboxylic acids is 1. The number of nitrogens with zero attached hydrogens (tertiary/aromatic N) is 1. The zero-order valence-corrected chi connectivity index (χ0v) is 5.79. The van der Waals surface area contributed by atoms with Crippen molar-refractivity contribution in [2.45, 2.75) is 13.3 Å². The summed E-state index contributed by atoms with van der Waals surface area (Å²) in [5, 5.41) is 8.34. The van der Waals surface area contributed by atoms with Gasteiger partial charge in [0, 0.05) is 12.0 Å². The molecule has 0 spiro atoms. The van der Waals surface area contributed by atoms with Gasteiger partial charge in [-0.15, -0.1) is 0 Å². The molecular weight excluding hydrogens is 130 g/mol. The molecule has 0 radical (unpaired) electrons. The molecule has 0 aromatic heterocycles. The zero-order valence-electron chi connectivity index (χ0n) is 5.79. The second kappa shape index (κ2) is 4.57. The smallest absolute Gasteiger partial charge is 0.330 e. The molecule has 0 aromatic carbocycles. The first kappa shape index (κ1) is 8.70. The van der Waals surface area contributed by atoms with Gasteiger partial charge in [-0.3, -0.25) is 0 Å². The van der Waals surface area contributed by atoms with Crippen LogP contribution in [0.4, 0.5) is 0 Å². The summed E-state index contributed by atoms with van der Waals surface area (Å²) in [7, 11) is 0. The largest absolute Gasteiger partial charge is 0.478 e. The Kier molecular flexibility index (Phi) is 3.97. The molecule has 1 N–H and O–H groups in total. The summed E-state index contributed by atoms with van der Waals surface area (Å²) in [5.74, 6) is -0.912. The summed E-state index contributed by atoms with van der Waals surface area (Å²) in [6.07, 6.45) is 2.09. The van der Waals surface area contributed by atoms with E-state index in [-0.39, 0.29) is 0 Å². The van der Waals surface area contributed by atoms with Gasteiger partial charge in [0.15, 0.2) is 0 Å². The topological polar surface area (TPSA) is 41.7 Å². The Bertz CT molecular complexity index is 188. The fourth-order valence-electron chi connectivity index (χ4n) is 0.433. The van der Waals surface area contributed by atoms with Crippen molar-refractivity contribution in [3.8, 4) is 0 Å². The average Bonchev–Trinajstić information content (AvgIpc) is 1.88. The third kappa shape index (κ3) is 3.67. The standard InChI is InChI=1S/C7H9NO2/c1-6(7(9)10)4-3-5-8-2/h4H,3,5H2,1H3,(H,9,10). The van der Waals surface area contributed by atoms with E-state index in [1.54, 1.807) is 6.08 Å². The average molecular weight is 139 g/mol. The SMILES string of the molecule is [C-]#[N+]CCC=C(C)C(=O)O. The van der Waals surface area contributed by atoms with Crippen molar-refractivity contribution in [2.24, 2.45) is 0 Å². The van der Waals surface area contributed by atoms with E-state index in [0.717, 1.165) is 0 Å². The Balaban J connectivity index is 3.72. The van der Waals surface area contributed by atoms with Crippen LogP contribution in [0, 0.1) is 6.57 Å². The lowest BCUT2D eigenvalue weighted by molar-refractivity contribution is -0.132. The molecule has 3 nitrogen and oxygen atoms in total. The number of carbonyl (C=O) groups is 1. The van der Waals surface area contributed by atoms with Gasteiger partial charge in [0.25, 0.3) is 0 Å². The highest BCUT2D eigenvalue weighted by Crippen LogP contribution is 1.94. The summed E-state index contributed by atoms with van der Waals surface area (Å²) in [6, 6.07) is 0. The highest BCUT2D eigenvalue weighted by Gasteiger charge is 1.97. The molecule has 0 atom stereocenters. The molecule has 0 saturated heterocycles. The molecule has 54 valence electrons. The molecular formula is C7H9NO2. The van der Waals surface area contributed by atoms with Gasteiger partial charge < -0.3 is 9.95 Å². The summed E-state index contributed by atoms with van der Waals surface area (Å²) in [4.78, 5) is 13.2.